The standard InChI is InChI=1S/C25H31ClN4O4S2/c1-28(2)14-5-15-30(25-27-23-21(34-3)6-4-7-22(23)35-25)24(31)18-12-16-29(17-13-18)36(32,33)20-10-8-19(26)9-11-20/h4,6-11,18H,5,12-17H2,1-3H3. The van der Waals surface area contributed by atoms with E-state index in [0.717, 1.165) is 23.2 Å². The number of carbonyl (C=O) groups is 1. The highest BCUT2D eigenvalue weighted by atomic mass is 35.5. The molecule has 11 heteroatoms. The van der Waals surface area contributed by atoms with Gasteiger partial charge in [-0.3, -0.25) is 9.69 Å². The van der Waals surface area contributed by atoms with E-state index in [-0.39, 0.29) is 16.7 Å². The maximum atomic E-state index is 13.7. The summed E-state index contributed by atoms with van der Waals surface area (Å²) in [5.74, 6) is 0.404. The number of aromatic nitrogens is 1. The molecule has 0 atom stereocenters. The van der Waals surface area contributed by atoms with E-state index in [4.69, 9.17) is 21.3 Å². The van der Waals surface area contributed by atoms with E-state index in [0.29, 0.717) is 48.4 Å². The predicted octanol–water partition coefficient (Wildman–Crippen LogP) is 4.34. The van der Waals surface area contributed by atoms with Crippen LogP contribution >= 0.6 is 22.9 Å². The number of anilines is 1. The van der Waals surface area contributed by atoms with Crippen molar-refractivity contribution in [1.29, 1.82) is 0 Å². The Bertz CT molecular complexity index is 1300. The molecule has 0 N–H and O–H groups in total. The predicted molar refractivity (Wildman–Crippen MR) is 145 cm³/mol. The highest BCUT2D eigenvalue weighted by Crippen LogP contribution is 2.35. The monoisotopic (exact) mass is 550 g/mol. The molecule has 36 heavy (non-hydrogen) atoms. The van der Waals surface area contributed by atoms with Crippen molar-refractivity contribution < 1.29 is 17.9 Å². The Morgan fingerprint density at radius 3 is 2.47 bits per heavy atom. The van der Waals surface area contributed by atoms with Crippen LogP contribution in [0.2, 0.25) is 5.02 Å². The number of carbonyl (C=O) groups excluding carboxylic acids is 1. The van der Waals surface area contributed by atoms with Gasteiger partial charge in [0.05, 0.1) is 16.7 Å². The number of para-hydroxylation sites is 1. The zero-order chi connectivity index (χ0) is 25.9. The highest BCUT2D eigenvalue weighted by Gasteiger charge is 2.35. The van der Waals surface area contributed by atoms with Crippen molar-refractivity contribution >= 4 is 54.2 Å². The normalized spacial score (nSPS) is 15.5. The van der Waals surface area contributed by atoms with Crippen LogP contribution in [0.3, 0.4) is 0 Å². The number of rotatable bonds is 9. The Kier molecular flexibility index (Phi) is 8.52. The van der Waals surface area contributed by atoms with Gasteiger partial charge in [0.1, 0.15) is 11.3 Å². The minimum atomic E-state index is -3.63. The van der Waals surface area contributed by atoms with Gasteiger partial charge in [-0.2, -0.15) is 4.31 Å². The number of methoxy groups -OCH3 is 1. The summed E-state index contributed by atoms with van der Waals surface area (Å²) < 4.78 is 34.0. The fourth-order valence-electron chi connectivity index (χ4n) is 4.36. The molecule has 3 aromatic rings. The minimum absolute atomic E-state index is 0.00433. The molecule has 8 nitrogen and oxygen atoms in total. The van der Waals surface area contributed by atoms with Crippen LogP contribution in [0.1, 0.15) is 19.3 Å². The number of piperidine rings is 1. The number of amides is 1. The number of thiazole rings is 1. The number of benzene rings is 2. The Hall–Kier alpha value is -2.24. The van der Waals surface area contributed by atoms with Gasteiger partial charge in [0, 0.05) is 30.6 Å². The molecule has 0 saturated carbocycles. The topological polar surface area (TPSA) is 83.0 Å². The zero-order valence-electron chi connectivity index (χ0n) is 20.7. The van der Waals surface area contributed by atoms with Gasteiger partial charge in [-0.05, 0) is 76.3 Å². The smallest absolute Gasteiger partial charge is 0.243 e. The van der Waals surface area contributed by atoms with Gasteiger partial charge in [-0.1, -0.05) is 29.0 Å². The van der Waals surface area contributed by atoms with E-state index in [1.807, 2.05) is 32.3 Å². The van der Waals surface area contributed by atoms with E-state index in [2.05, 4.69) is 4.90 Å². The van der Waals surface area contributed by atoms with Crippen molar-refractivity contribution in [3.05, 3.63) is 47.5 Å². The molecular formula is C25H31ClN4O4S2. The zero-order valence-corrected chi connectivity index (χ0v) is 23.1. The van der Waals surface area contributed by atoms with Gasteiger partial charge in [0.2, 0.25) is 15.9 Å². The highest BCUT2D eigenvalue weighted by molar-refractivity contribution is 7.89. The van der Waals surface area contributed by atoms with E-state index in [1.165, 1.54) is 27.8 Å². The molecule has 1 fully saturated rings. The van der Waals surface area contributed by atoms with Crippen molar-refractivity contribution in [2.75, 3.05) is 52.3 Å². The lowest BCUT2D eigenvalue weighted by Gasteiger charge is -2.33. The fraction of sp³-hybridized carbons (Fsp3) is 0.440. The summed E-state index contributed by atoms with van der Waals surface area (Å²) in [4.78, 5) is 22.6. The van der Waals surface area contributed by atoms with Crippen LogP contribution in [-0.2, 0) is 14.8 Å². The van der Waals surface area contributed by atoms with Crippen molar-refractivity contribution in [1.82, 2.24) is 14.2 Å². The molecular weight excluding hydrogens is 520 g/mol. The maximum absolute atomic E-state index is 13.7. The number of hydrogen-bond donors (Lipinski definition) is 0. The van der Waals surface area contributed by atoms with Crippen molar-refractivity contribution in [2.24, 2.45) is 5.92 Å². The summed E-state index contributed by atoms with van der Waals surface area (Å²) >= 11 is 7.39. The SMILES string of the molecule is COc1cccc2sc(N(CCCN(C)C)C(=O)C3CCN(S(=O)(=O)c4ccc(Cl)cc4)CC3)nc12. The summed E-state index contributed by atoms with van der Waals surface area (Å²) in [6.07, 6.45) is 1.73. The molecule has 0 bridgehead atoms. The average molecular weight is 551 g/mol. The molecule has 1 aliphatic heterocycles. The van der Waals surface area contributed by atoms with Crippen LogP contribution in [0.4, 0.5) is 5.13 Å². The first kappa shape index (κ1) is 26.8. The van der Waals surface area contributed by atoms with Crippen LogP contribution < -0.4 is 9.64 Å². The molecule has 194 valence electrons. The van der Waals surface area contributed by atoms with Crippen LogP contribution in [-0.4, -0.2) is 75.9 Å². The van der Waals surface area contributed by atoms with Gasteiger partial charge < -0.3 is 9.64 Å². The van der Waals surface area contributed by atoms with Crippen molar-refractivity contribution in [2.45, 2.75) is 24.2 Å². The lowest BCUT2D eigenvalue weighted by atomic mass is 9.96. The number of fused-ring (bicyclic) bond motifs is 1. The summed E-state index contributed by atoms with van der Waals surface area (Å²) in [5, 5.41) is 1.13. The Balaban J connectivity index is 1.51. The van der Waals surface area contributed by atoms with Crippen LogP contribution in [0.25, 0.3) is 10.2 Å². The molecule has 2 aromatic carbocycles. The largest absolute Gasteiger partial charge is 0.494 e. The fourth-order valence-corrected chi connectivity index (χ4v) is 6.97. The number of sulfonamides is 1. The van der Waals surface area contributed by atoms with E-state index < -0.39 is 10.0 Å². The average Bonchev–Trinajstić information content (AvgIpc) is 3.30. The second-order valence-corrected chi connectivity index (χ2v) is 12.5. The Morgan fingerprint density at radius 2 is 1.83 bits per heavy atom. The number of halogens is 1. The second-order valence-electron chi connectivity index (χ2n) is 9.08. The van der Waals surface area contributed by atoms with Crippen LogP contribution in [0.15, 0.2) is 47.4 Å². The maximum Gasteiger partial charge on any atom is 0.243 e. The first-order valence-corrected chi connectivity index (χ1v) is 14.5. The molecule has 1 amide bonds. The summed E-state index contributed by atoms with van der Waals surface area (Å²) in [6, 6.07) is 11.9. The molecule has 2 heterocycles. The van der Waals surface area contributed by atoms with Crippen LogP contribution in [0.5, 0.6) is 5.75 Å². The van der Waals surface area contributed by atoms with Gasteiger partial charge >= 0.3 is 0 Å². The molecule has 1 aromatic heterocycles. The Labute approximate surface area is 221 Å². The Morgan fingerprint density at radius 1 is 1.14 bits per heavy atom. The second kappa shape index (κ2) is 11.4. The third kappa shape index (κ3) is 5.84. The van der Waals surface area contributed by atoms with Crippen molar-refractivity contribution in [3.8, 4) is 5.75 Å². The molecule has 1 saturated heterocycles. The molecule has 0 spiro atoms. The van der Waals surface area contributed by atoms with Gasteiger partial charge in [0.25, 0.3) is 0 Å². The lowest BCUT2D eigenvalue weighted by Crippen LogP contribution is -2.45. The third-order valence-corrected chi connectivity index (χ3v) is 9.54. The first-order valence-electron chi connectivity index (χ1n) is 11.9. The molecule has 1 aliphatic rings. The van der Waals surface area contributed by atoms with Gasteiger partial charge in [-0.25, -0.2) is 13.4 Å². The van der Waals surface area contributed by atoms with E-state index in [1.54, 1.807) is 24.1 Å². The summed E-state index contributed by atoms with van der Waals surface area (Å²) in [7, 11) is 1.99. The number of nitrogens with zero attached hydrogens (tertiary/aromatic N) is 4. The molecule has 0 aliphatic carbocycles. The lowest BCUT2D eigenvalue weighted by molar-refractivity contribution is -0.123. The van der Waals surface area contributed by atoms with E-state index >= 15 is 0 Å². The van der Waals surface area contributed by atoms with Gasteiger partial charge in [0.15, 0.2) is 5.13 Å². The summed E-state index contributed by atoms with van der Waals surface area (Å²) in [5.41, 5.74) is 0.745. The number of hydrogen-bond acceptors (Lipinski definition) is 7. The third-order valence-electron chi connectivity index (χ3n) is 6.33. The van der Waals surface area contributed by atoms with Gasteiger partial charge in [-0.15, -0.1) is 0 Å². The number of ether oxygens (including phenoxy) is 1. The summed E-state index contributed by atoms with van der Waals surface area (Å²) in [6.45, 7) is 1.97. The molecule has 4 rings (SSSR count). The first-order chi connectivity index (χ1) is 17.2. The molecule has 0 radical (unpaired) electrons. The minimum Gasteiger partial charge on any atom is -0.494 e. The van der Waals surface area contributed by atoms with Crippen LogP contribution in [0, 0.1) is 5.92 Å². The van der Waals surface area contributed by atoms with Crippen molar-refractivity contribution in [3.63, 3.8) is 0 Å². The quantitative estimate of drug-likeness (QED) is 0.394. The molecule has 0 unspecified atom stereocenters. The van der Waals surface area contributed by atoms with E-state index in [9.17, 15) is 13.2 Å².